The van der Waals surface area contributed by atoms with Crippen molar-refractivity contribution < 1.29 is 37.4 Å². The van der Waals surface area contributed by atoms with Crippen LogP contribution in [0.2, 0.25) is 0 Å². The number of nitrogens with one attached hydrogen (secondary N) is 2. The molecule has 6 unspecified atom stereocenters. The Balaban J connectivity index is 1.18. The summed E-state index contributed by atoms with van der Waals surface area (Å²) in [6.45, 7) is -0.534. The van der Waals surface area contributed by atoms with Crippen LogP contribution in [0.25, 0.3) is 0 Å². The fourth-order valence-electron chi connectivity index (χ4n) is 7.82. The van der Waals surface area contributed by atoms with E-state index in [4.69, 9.17) is 9.88 Å². The van der Waals surface area contributed by atoms with Crippen molar-refractivity contribution in [1.82, 2.24) is 9.88 Å². The molecule has 0 spiro atoms. The number of amides is 3. The number of aromatic nitrogens is 1. The van der Waals surface area contributed by atoms with Crippen LogP contribution in [0.1, 0.15) is 29.2 Å². The van der Waals surface area contributed by atoms with Crippen LogP contribution in [-0.2, 0) is 29.2 Å². The lowest BCUT2D eigenvalue weighted by molar-refractivity contribution is -0.142. The summed E-state index contributed by atoms with van der Waals surface area (Å²) in [6, 6.07) is 10.8. The molecule has 7 atom stereocenters. The van der Waals surface area contributed by atoms with Crippen LogP contribution in [0.5, 0.6) is 5.75 Å². The number of aromatic amines is 1. The fourth-order valence-corrected chi connectivity index (χ4v) is 11.6. The Hall–Kier alpha value is -3.51. The molecule has 2 aromatic carbocycles. The molecule has 2 saturated carbocycles. The van der Waals surface area contributed by atoms with Gasteiger partial charge in [-0.3, -0.25) is 28.9 Å². The largest absolute Gasteiger partial charge is 0.483 e. The van der Waals surface area contributed by atoms with Gasteiger partial charge in [0.2, 0.25) is 21.8 Å². The van der Waals surface area contributed by atoms with Crippen molar-refractivity contribution in [3.8, 4) is 5.75 Å². The molecule has 3 amide bonds. The first kappa shape index (κ1) is 32.1. The monoisotopic (exact) mass is 762 g/mol. The highest BCUT2D eigenvalue weighted by atomic mass is 79.9. The lowest BCUT2D eigenvalue weighted by Gasteiger charge is -2.43. The fraction of sp³-hybridized carbons (Fsp3) is 0.367. The quantitative estimate of drug-likeness (QED) is 0.235. The molecule has 3 heterocycles. The standard InChI is InChI=1S/C30H27BrN4O9S3/c31-12-1-6-18(44-11-19(36)33-13-2-4-14(5-3-13)47(32,42)43)15(9-12)21-22-16-10-17(25(22)45-27-26(21)46-30(41)34-27)24-23(16)28(39)35(29(24)40)8-7-20(37)38/h1-6,9,16-17,21-25H,7-8,10-11H2,(H,33,36)(H,34,41)(H,37,38)(H2,32,42,43)/t16?,17?,21-,22?,23?,24?,25?/m1/s1. The number of carboxylic acid groups (broad SMARTS) is 1. The zero-order valence-electron chi connectivity index (χ0n) is 24.3. The maximum atomic E-state index is 13.6. The number of fused-ring (bicyclic) bond motifs is 9. The molecule has 2 aliphatic carbocycles. The van der Waals surface area contributed by atoms with Gasteiger partial charge in [0.05, 0.1) is 28.2 Å². The van der Waals surface area contributed by atoms with Gasteiger partial charge < -0.3 is 20.1 Å². The number of nitrogens with two attached hydrogens (primary N) is 1. The number of aliphatic carboxylic acids is 1. The summed E-state index contributed by atoms with van der Waals surface area (Å²) in [7, 11) is -3.88. The second-order valence-corrected chi connectivity index (χ2v) is 16.7. The number of imide groups is 1. The number of sulfonamides is 1. The molecular formula is C30H27BrN4O9S3. The Morgan fingerprint density at radius 1 is 1.09 bits per heavy atom. The number of hydrogen-bond donors (Lipinski definition) is 4. The van der Waals surface area contributed by atoms with E-state index in [1.807, 2.05) is 6.07 Å². The number of rotatable bonds is 9. The topological polar surface area (TPSA) is 206 Å². The molecule has 47 heavy (non-hydrogen) atoms. The molecule has 17 heteroatoms. The summed E-state index contributed by atoms with van der Waals surface area (Å²) < 4.78 is 29.9. The van der Waals surface area contributed by atoms with E-state index in [-0.39, 0.29) is 70.1 Å². The number of likely N-dealkylation sites (tertiary alicyclic amines) is 1. The first-order valence-electron chi connectivity index (χ1n) is 14.6. The van der Waals surface area contributed by atoms with Gasteiger partial charge in [-0.1, -0.05) is 27.3 Å². The van der Waals surface area contributed by atoms with Gasteiger partial charge in [-0.25, -0.2) is 13.6 Å². The predicted molar refractivity (Wildman–Crippen MR) is 174 cm³/mol. The van der Waals surface area contributed by atoms with E-state index in [2.05, 4.69) is 26.2 Å². The molecular weight excluding hydrogens is 736 g/mol. The highest BCUT2D eigenvalue weighted by molar-refractivity contribution is 9.10. The molecule has 5 N–H and O–H groups in total. The zero-order chi connectivity index (χ0) is 33.4. The molecule has 0 radical (unpaired) electrons. The van der Waals surface area contributed by atoms with Gasteiger partial charge in [0.15, 0.2) is 6.61 Å². The number of halogens is 1. The number of carbonyl (C=O) groups is 4. The molecule has 2 bridgehead atoms. The number of thiazole rings is 1. The third-order valence-corrected chi connectivity index (χ3v) is 13.5. The number of primary sulfonamides is 1. The van der Waals surface area contributed by atoms with Crippen LogP contribution in [-0.4, -0.2) is 65.5 Å². The van der Waals surface area contributed by atoms with Gasteiger partial charge in [0.25, 0.3) is 5.91 Å². The van der Waals surface area contributed by atoms with E-state index in [9.17, 15) is 37.5 Å². The number of nitrogens with zero attached hydrogens (tertiary/aromatic N) is 1. The highest BCUT2D eigenvalue weighted by Gasteiger charge is 2.69. The SMILES string of the molecule is NS(=O)(=O)c1ccc(NC(=O)COc2ccc(Br)cc2[C@H]2c3sc(=O)[nH]c3SC3C4CC(C5C(=O)N(CCC(=O)O)C(=O)C45)C32)cc1. The molecule has 3 aromatic rings. The van der Waals surface area contributed by atoms with E-state index in [0.29, 0.717) is 22.9 Å². The van der Waals surface area contributed by atoms with Crippen LogP contribution in [0, 0.1) is 29.6 Å². The van der Waals surface area contributed by atoms with Gasteiger partial charge in [-0.2, -0.15) is 0 Å². The number of carboxylic acids is 1. The number of H-pyrrole nitrogens is 1. The Labute approximate surface area is 284 Å². The summed E-state index contributed by atoms with van der Waals surface area (Å²) in [4.78, 5) is 68.4. The number of hydrogen-bond acceptors (Lipinski definition) is 10. The minimum atomic E-state index is -3.88. The molecule has 1 saturated heterocycles. The van der Waals surface area contributed by atoms with Gasteiger partial charge in [0, 0.05) is 38.3 Å². The van der Waals surface area contributed by atoms with Crippen LogP contribution in [0.3, 0.4) is 0 Å². The number of carbonyl (C=O) groups excluding carboxylic acids is 3. The normalized spacial score (nSPS) is 27.4. The molecule has 7 rings (SSSR count). The molecule has 4 aliphatic rings. The Morgan fingerprint density at radius 3 is 2.47 bits per heavy atom. The maximum absolute atomic E-state index is 13.6. The molecule has 2 aliphatic heterocycles. The van der Waals surface area contributed by atoms with Gasteiger partial charge in [-0.15, -0.1) is 11.8 Å². The first-order chi connectivity index (χ1) is 22.3. The average Bonchev–Trinajstić information content (AvgIpc) is 3.74. The van der Waals surface area contributed by atoms with Gasteiger partial charge in [-0.05, 0) is 66.6 Å². The van der Waals surface area contributed by atoms with E-state index >= 15 is 0 Å². The number of ether oxygens (including phenoxy) is 1. The van der Waals surface area contributed by atoms with Gasteiger partial charge in [0.1, 0.15) is 5.75 Å². The Kier molecular flexibility index (Phi) is 8.10. The molecule has 3 fully saturated rings. The minimum Gasteiger partial charge on any atom is -0.483 e. The second kappa shape index (κ2) is 11.9. The number of benzene rings is 2. The third-order valence-electron chi connectivity index (χ3n) is 9.50. The zero-order valence-corrected chi connectivity index (χ0v) is 28.3. The van der Waals surface area contributed by atoms with Crippen molar-refractivity contribution in [2.24, 2.45) is 34.7 Å². The van der Waals surface area contributed by atoms with Crippen molar-refractivity contribution in [3.05, 3.63) is 67.0 Å². The second-order valence-electron chi connectivity index (χ2n) is 12.0. The van der Waals surface area contributed by atoms with Crippen molar-refractivity contribution in [2.75, 3.05) is 18.5 Å². The van der Waals surface area contributed by atoms with Crippen LogP contribution >= 0.6 is 39.0 Å². The highest BCUT2D eigenvalue weighted by Crippen LogP contribution is 2.69. The summed E-state index contributed by atoms with van der Waals surface area (Å²) in [5, 5.41) is 17.6. The maximum Gasteiger partial charge on any atom is 0.305 e. The number of thioether (sulfide) groups is 1. The van der Waals surface area contributed by atoms with E-state index in [0.717, 1.165) is 31.2 Å². The minimum absolute atomic E-state index is 0.0874. The average molecular weight is 764 g/mol. The summed E-state index contributed by atoms with van der Waals surface area (Å²) in [6.07, 6.45) is 0.344. The van der Waals surface area contributed by atoms with Crippen molar-refractivity contribution >= 4 is 78.4 Å². The van der Waals surface area contributed by atoms with Crippen LogP contribution in [0.4, 0.5) is 5.69 Å². The predicted octanol–water partition coefficient (Wildman–Crippen LogP) is 2.81. The molecule has 246 valence electrons. The lowest BCUT2D eigenvalue weighted by Crippen LogP contribution is -2.42. The summed E-state index contributed by atoms with van der Waals surface area (Å²) >= 11 is 6.17. The van der Waals surface area contributed by atoms with Crippen molar-refractivity contribution in [3.63, 3.8) is 0 Å². The number of anilines is 1. The lowest BCUT2D eigenvalue weighted by atomic mass is 9.68. The Morgan fingerprint density at radius 2 is 1.79 bits per heavy atom. The van der Waals surface area contributed by atoms with E-state index in [1.54, 1.807) is 12.1 Å². The van der Waals surface area contributed by atoms with Crippen LogP contribution in [0.15, 0.2) is 61.7 Å². The Bertz CT molecular complexity index is 2000. The van der Waals surface area contributed by atoms with Crippen LogP contribution < -0.4 is 20.1 Å². The third kappa shape index (κ3) is 5.60. The first-order valence-corrected chi connectivity index (χ1v) is 18.7. The summed E-state index contributed by atoms with van der Waals surface area (Å²) in [5.74, 6) is -3.73. The smallest absolute Gasteiger partial charge is 0.305 e. The van der Waals surface area contributed by atoms with E-state index < -0.39 is 33.7 Å². The van der Waals surface area contributed by atoms with Crippen molar-refractivity contribution in [2.45, 2.75) is 33.9 Å². The van der Waals surface area contributed by atoms with Gasteiger partial charge >= 0.3 is 10.8 Å². The molecule has 13 nitrogen and oxygen atoms in total. The van der Waals surface area contributed by atoms with Crippen molar-refractivity contribution in [1.29, 1.82) is 0 Å². The molecule has 1 aromatic heterocycles. The summed E-state index contributed by atoms with van der Waals surface area (Å²) in [5.41, 5.74) is 1.07. The van der Waals surface area contributed by atoms with E-state index in [1.165, 1.54) is 36.0 Å².